The molecular weight excluding hydrogens is 142 g/mol. The summed E-state index contributed by atoms with van der Waals surface area (Å²) in [5.74, 6) is 0. The van der Waals surface area contributed by atoms with E-state index in [0.29, 0.717) is 0 Å². The Morgan fingerprint density at radius 3 is 1.25 bits per heavy atom. The van der Waals surface area contributed by atoms with Crippen molar-refractivity contribution in [1.29, 1.82) is 0 Å². The first-order valence-corrected chi connectivity index (χ1v) is 0. The molecule has 0 spiro atoms. The minimum atomic E-state index is 0. The molecule has 0 atom stereocenters. The molecule has 0 saturated carbocycles. The van der Waals surface area contributed by atoms with Crippen LogP contribution in [0.4, 0.5) is 0 Å². The fourth-order valence-electron chi connectivity index (χ4n) is 0. The normalized spacial score (nSPS) is 0. The van der Waals surface area contributed by atoms with Crippen molar-refractivity contribution in [3.8, 4) is 0 Å². The van der Waals surface area contributed by atoms with Crippen molar-refractivity contribution >= 4 is 31.5 Å². The second-order valence-electron chi connectivity index (χ2n) is 0. The van der Waals surface area contributed by atoms with Crippen LogP contribution in [0.25, 0.3) is 0 Å². The summed E-state index contributed by atoms with van der Waals surface area (Å²) in [6.45, 7) is 0. The molecule has 4 radical (unpaired) electrons. The van der Waals surface area contributed by atoms with Gasteiger partial charge in [0, 0.05) is 46.9 Å². The van der Waals surface area contributed by atoms with E-state index >= 15 is 0 Å². The zero-order chi connectivity index (χ0) is 0. The smallest absolute Gasteiger partial charge is 1.00 e. The van der Waals surface area contributed by atoms with Crippen molar-refractivity contribution in [3.63, 3.8) is 0 Å². The second kappa shape index (κ2) is 19.7. The number of hydrogen-bond acceptors (Lipinski definition) is 0. The van der Waals surface area contributed by atoms with Gasteiger partial charge in [-0.05, 0) is 0 Å². The van der Waals surface area contributed by atoms with Crippen molar-refractivity contribution in [2.24, 2.45) is 0 Å². The van der Waals surface area contributed by atoms with Crippen molar-refractivity contribution in [2.75, 3.05) is 0 Å². The molecule has 0 aliphatic heterocycles. The van der Waals surface area contributed by atoms with Crippen molar-refractivity contribution < 1.29 is 41.3 Å². The Balaban J connectivity index is 0. The van der Waals surface area contributed by atoms with Crippen LogP contribution in [-0.4, -0.2) is 31.5 Å². The van der Waals surface area contributed by atoms with E-state index in [-0.39, 0.29) is 72.8 Å². The van der Waals surface area contributed by atoms with Gasteiger partial charge in [0.15, 0.2) is 0 Å². The van der Waals surface area contributed by atoms with Gasteiger partial charge in [0.25, 0.3) is 0 Å². The summed E-state index contributed by atoms with van der Waals surface area (Å²) in [4.78, 5) is 0. The molecule has 0 heterocycles. The third-order valence-electron chi connectivity index (χ3n) is 0. The van der Waals surface area contributed by atoms with Crippen LogP contribution in [0.2, 0.25) is 0 Å². The van der Waals surface area contributed by atoms with E-state index in [4.69, 9.17) is 0 Å². The molecule has 0 aromatic heterocycles. The van der Waals surface area contributed by atoms with Gasteiger partial charge in [-0.1, -0.05) is 0 Å². The van der Waals surface area contributed by atoms with E-state index in [0.717, 1.165) is 0 Å². The first-order chi connectivity index (χ1) is 0. The Morgan fingerprint density at radius 1 is 1.25 bits per heavy atom. The average Bonchev–Trinajstić information content (AvgIpc) is 0. The van der Waals surface area contributed by atoms with E-state index < -0.39 is 0 Å². The molecular formula is H2BCoMgTi. The largest absolute Gasteiger partial charge is 2.00 e. The molecule has 0 amide bonds. The summed E-state index contributed by atoms with van der Waals surface area (Å²) < 4.78 is 0. The third-order valence-corrected chi connectivity index (χ3v) is 0. The molecule has 0 aromatic carbocycles. The molecule has 0 nitrogen and oxygen atoms in total. The molecule has 0 bridgehead atoms. The average molecular weight is 144 g/mol. The predicted molar refractivity (Wildman–Crippen MR) is 13.7 cm³/mol. The van der Waals surface area contributed by atoms with E-state index in [1.165, 1.54) is 0 Å². The third kappa shape index (κ3) is 8.96. The first kappa shape index (κ1) is 36.7. The van der Waals surface area contributed by atoms with Crippen LogP contribution in [-0.2, 0) is 38.5 Å². The summed E-state index contributed by atoms with van der Waals surface area (Å²) >= 11 is 0. The Hall–Kier alpha value is 2.05. The predicted octanol–water partition coefficient (Wildman–Crippen LogP) is -0.542. The summed E-state index contributed by atoms with van der Waals surface area (Å²) in [6.07, 6.45) is 0. The fourth-order valence-corrected chi connectivity index (χ4v) is 0. The quantitative estimate of drug-likeness (QED) is 0.400. The van der Waals surface area contributed by atoms with Gasteiger partial charge in [0.1, 0.15) is 0 Å². The first-order valence-electron chi connectivity index (χ1n) is 0. The minimum Gasteiger partial charge on any atom is -1.00 e. The standard InChI is InChI=1S/B.Co.Mg.Ti.2H/q;;+2;;2*-1. The molecule has 4 heteroatoms. The Morgan fingerprint density at radius 2 is 1.25 bits per heavy atom. The minimum absolute atomic E-state index is 0. The molecule has 0 fully saturated rings. The maximum Gasteiger partial charge on any atom is 2.00 e. The molecule has 20 valence electrons. The number of rotatable bonds is 0. The van der Waals surface area contributed by atoms with Crippen LogP contribution >= 0.6 is 0 Å². The van der Waals surface area contributed by atoms with Gasteiger partial charge in [-0.15, -0.1) is 0 Å². The zero-order valence-corrected chi connectivity index (χ0v) is 6.13. The Kier molecular flexibility index (Phi) is 181. The van der Waals surface area contributed by atoms with Crippen molar-refractivity contribution in [2.45, 2.75) is 0 Å². The van der Waals surface area contributed by atoms with E-state index in [1.807, 2.05) is 0 Å². The molecule has 4 heavy (non-hydrogen) atoms. The SMILES string of the molecule is [B].[Co].[H-].[H-].[Mg+2].[Ti]. The van der Waals surface area contributed by atoms with Gasteiger partial charge in [-0.25, -0.2) is 0 Å². The second-order valence-corrected chi connectivity index (χ2v) is 0. The Labute approximate surface area is 72.3 Å². The van der Waals surface area contributed by atoms with E-state index in [1.54, 1.807) is 0 Å². The monoisotopic (exact) mass is 144 g/mol. The maximum absolute atomic E-state index is 0. The molecule has 0 rings (SSSR count). The molecule has 0 aromatic rings. The summed E-state index contributed by atoms with van der Waals surface area (Å²) in [5, 5.41) is 0. The van der Waals surface area contributed by atoms with Gasteiger partial charge >= 0.3 is 23.1 Å². The molecule has 0 N–H and O–H groups in total. The van der Waals surface area contributed by atoms with Crippen LogP contribution in [0.3, 0.4) is 0 Å². The molecule has 0 aliphatic rings. The summed E-state index contributed by atoms with van der Waals surface area (Å²) in [6, 6.07) is 0. The van der Waals surface area contributed by atoms with Gasteiger partial charge in [-0.3, -0.25) is 0 Å². The maximum atomic E-state index is 0. The van der Waals surface area contributed by atoms with Crippen LogP contribution in [0.1, 0.15) is 2.85 Å². The van der Waals surface area contributed by atoms with Gasteiger partial charge in [0.2, 0.25) is 0 Å². The molecule has 0 saturated heterocycles. The van der Waals surface area contributed by atoms with E-state index in [9.17, 15) is 0 Å². The van der Waals surface area contributed by atoms with Gasteiger partial charge in [-0.2, -0.15) is 0 Å². The zero-order valence-electron chi connectivity index (χ0n) is 4.12. The topological polar surface area (TPSA) is 0 Å². The van der Waals surface area contributed by atoms with Crippen molar-refractivity contribution in [3.05, 3.63) is 0 Å². The molecule has 0 aliphatic carbocycles. The number of hydrogen-bond donors (Lipinski definition) is 0. The summed E-state index contributed by atoms with van der Waals surface area (Å²) in [7, 11) is 0. The Bertz CT molecular complexity index is 13.5. The summed E-state index contributed by atoms with van der Waals surface area (Å²) in [5.41, 5.74) is 0. The van der Waals surface area contributed by atoms with E-state index in [2.05, 4.69) is 0 Å². The van der Waals surface area contributed by atoms with Gasteiger partial charge in [0.05, 0.1) is 0 Å². The van der Waals surface area contributed by atoms with Crippen LogP contribution in [0.5, 0.6) is 0 Å². The van der Waals surface area contributed by atoms with Crippen LogP contribution in [0, 0.1) is 0 Å². The van der Waals surface area contributed by atoms with Crippen LogP contribution in [0.15, 0.2) is 0 Å². The fraction of sp³-hybridized carbons (Fsp3) is 0. The van der Waals surface area contributed by atoms with Crippen LogP contribution < -0.4 is 0 Å². The molecule has 0 unspecified atom stereocenters. The van der Waals surface area contributed by atoms with Crippen molar-refractivity contribution in [1.82, 2.24) is 0 Å². The van der Waals surface area contributed by atoms with Gasteiger partial charge < -0.3 is 2.85 Å².